The molecule has 1 aliphatic rings. The summed E-state index contributed by atoms with van der Waals surface area (Å²) in [6, 6.07) is 9.03. The van der Waals surface area contributed by atoms with Crippen LogP contribution in [0, 0.1) is 0 Å². The van der Waals surface area contributed by atoms with Gasteiger partial charge in [-0.1, -0.05) is 47.3 Å². The molecule has 0 bridgehead atoms. The maximum absolute atomic E-state index is 5.67. The Labute approximate surface area is 118 Å². The molecule has 0 aromatic heterocycles. The highest BCUT2D eigenvalue weighted by molar-refractivity contribution is 9.10. The highest BCUT2D eigenvalue weighted by Gasteiger charge is 2.11. The molecule has 2 rings (SSSR count). The van der Waals surface area contributed by atoms with Gasteiger partial charge in [0.1, 0.15) is 0 Å². The van der Waals surface area contributed by atoms with Crippen LogP contribution >= 0.6 is 15.9 Å². The van der Waals surface area contributed by atoms with Gasteiger partial charge in [-0.05, 0) is 30.5 Å². The zero-order chi connectivity index (χ0) is 12.6. The van der Waals surface area contributed by atoms with E-state index in [1.54, 1.807) is 0 Å². The van der Waals surface area contributed by atoms with Gasteiger partial charge >= 0.3 is 0 Å². The molecule has 0 heterocycles. The number of hydrogen-bond acceptors (Lipinski definition) is 2. The van der Waals surface area contributed by atoms with Gasteiger partial charge in [-0.3, -0.25) is 0 Å². The fourth-order valence-electron chi connectivity index (χ4n) is 2.41. The summed E-state index contributed by atoms with van der Waals surface area (Å²) in [6.07, 6.45) is 6.87. The second-order valence-corrected chi connectivity index (χ2v) is 5.88. The molecule has 0 aliphatic heterocycles. The van der Waals surface area contributed by atoms with E-state index < -0.39 is 0 Å². The predicted octanol–water partition coefficient (Wildman–Crippen LogP) is 3.89. The highest BCUT2D eigenvalue weighted by atomic mass is 79.9. The molecule has 2 nitrogen and oxygen atoms in total. The molecule has 0 saturated heterocycles. The summed E-state index contributed by atoms with van der Waals surface area (Å²) in [6.45, 7) is 2.48. The van der Waals surface area contributed by atoms with Crippen LogP contribution in [0.5, 0.6) is 0 Å². The smallest absolute Gasteiger partial charge is 0.0717 e. The number of nitrogens with one attached hydrogen (secondary N) is 1. The Morgan fingerprint density at radius 1 is 1.11 bits per heavy atom. The summed E-state index contributed by atoms with van der Waals surface area (Å²) >= 11 is 3.43. The third kappa shape index (κ3) is 5.09. The topological polar surface area (TPSA) is 21.3 Å². The molecule has 0 spiro atoms. The van der Waals surface area contributed by atoms with Crippen molar-refractivity contribution in [1.82, 2.24) is 5.32 Å². The summed E-state index contributed by atoms with van der Waals surface area (Å²) in [5, 5.41) is 3.58. The number of rotatable bonds is 6. The molecule has 1 N–H and O–H groups in total. The quantitative estimate of drug-likeness (QED) is 0.805. The minimum Gasteiger partial charge on any atom is -0.375 e. The molecule has 100 valence electrons. The zero-order valence-corrected chi connectivity index (χ0v) is 12.4. The van der Waals surface area contributed by atoms with E-state index >= 15 is 0 Å². The molecule has 1 aliphatic carbocycles. The summed E-state index contributed by atoms with van der Waals surface area (Å²) < 4.78 is 6.79. The van der Waals surface area contributed by atoms with Gasteiger partial charge in [0.15, 0.2) is 0 Å². The fourth-order valence-corrected chi connectivity index (χ4v) is 2.68. The average Bonchev–Trinajstić information content (AvgIpc) is 2.42. The Kier molecular flexibility index (Phi) is 6.18. The average molecular weight is 312 g/mol. The van der Waals surface area contributed by atoms with Gasteiger partial charge in [0, 0.05) is 17.1 Å². The molecule has 1 fully saturated rings. The second-order valence-electron chi connectivity index (χ2n) is 4.97. The summed E-state index contributed by atoms with van der Waals surface area (Å²) in [5.74, 6) is 0. The molecule has 18 heavy (non-hydrogen) atoms. The maximum Gasteiger partial charge on any atom is 0.0717 e. The van der Waals surface area contributed by atoms with E-state index in [1.807, 2.05) is 0 Å². The normalized spacial score (nSPS) is 16.9. The Bertz CT molecular complexity index is 333. The lowest BCUT2D eigenvalue weighted by molar-refractivity contribution is 0.119. The van der Waals surface area contributed by atoms with Crippen molar-refractivity contribution in [2.45, 2.75) is 44.8 Å². The molecular weight excluding hydrogens is 290 g/mol. The molecule has 1 saturated carbocycles. The van der Waals surface area contributed by atoms with Crippen molar-refractivity contribution in [3.63, 3.8) is 0 Å². The van der Waals surface area contributed by atoms with Crippen LogP contribution in [0.2, 0.25) is 0 Å². The third-order valence-electron chi connectivity index (χ3n) is 3.47. The minimum atomic E-state index is 0.708. The third-order valence-corrected chi connectivity index (χ3v) is 4.00. The first-order valence-corrected chi connectivity index (χ1v) is 7.69. The number of halogens is 1. The van der Waals surface area contributed by atoms with E-state index in [0.29, 0.717) is 6.61 Å². The Hall–Kier alpha value is -0.380. The molecule has 1 aromatic rings. The van der Waals surface area contributed by atoms with Crippen molar-refractivity contribution in [3.8, 4) is 0 Å². The van der Waals surface area contributed by atoms with Crippen LogP contribution in [0.3, 0.4) is 0 Å². The van der Waals surface area contributed by atoms with Crippen LogP contribution in [-0.4, -0.2) is 19.2 Å². The fraction of sp³-hybridized carbons (Fsp3) is 0.600. The minimum absolute atomic E-state index is 0.708. The van der Waals surface area contributed by atoms with Gasteiger partial charge in [-0.25, -0.2) is 0 Å². The van der Waals surface area contributed by atoms with Crippen LogP contribution in [0.25, 0.3) is 0 Å². The Balaban J connectivity index is 1.54. The lowest BCUT2D eigenvalue weighted by Crippen LogP contribution is -2.33. The molecule has 0 amide bonds. The van der Waals surface area contributed by atoms with Crippen molar-refractivity contribution in [3.05, 3.63) is 34.3 Å². The molecular formula is C15H22BrNO. The van der Waals surface area contributed by atoms with E-state index in [0.717, 1.165) is 23.7 Å². The molecule has 0 atom stereocenters. The largest absolute Gasteiger partial charge is 0.375 e. The van der Waals surface area contributed by atoms with Gasteiger partial charge in [0.05, 0.1) is 13.2 Å². The van der Waals surface area contributed by atoms with Crippen LogP contribution in [0.1, 0.15) is 37.7 Å². The lowest BCUT2D eigenvalue weighted by atomic mass is 9.96. The predicted molar refractivity (Wildman–Crippen MR) is 78.7 cm³/mol. The van der Waals surface area contributed by atoms with E-state index in [4.69, 9.17) is 4.74 Å². The highest BCUT2D eigenvalue weighted by Crippen LogP contribution is 2.17. The monoisotopic (exact) mass is 311 g/mol. The van der Waals surface area contributed by atoms with E-state index in [-0.39, 0.29) is 0 Å². The molecule has 0 radical (unpaired) electrons. The van der Waals surface area contributed by atoms with Crippen molar-refractivity contribution in [2.75, 3.05) is 13.2 Å². The number of benzene rings is 1. The lowest BCUT2D eigenvalue weighted by Gasteiger charge is -2.22. The summed E-state index contributed by atoms with van der Waals surface area (Å²) in [7, 11) is 0. The molecule has 3 heteroatoms. The van der Waals surface area contributed by atoms with Crippen LogP contribution in [-0.2, 0) is 11.3 Å². The summed E-state index contributed by atoms with van der Waals surface area (Å²) in [4.78, 5) is 0. The van der Waals surface area contributed by atoms with Gasteiger partial charge in [0.2, 0.25) is 0 Å². The number of ether oxygens (including phenoxy) is 1. The van der Waals surface area contributed by atoms with E-state index in [2.05, 4.69) is 45.5 Å². The first-order chi connectivity index (χ1) is 8.84. The Morgan fingerprint density at radius 3 is 2.56 bits per heavy atom. The van der Waals surface area contributed by atoms with Crippen molar-refractivity contribution >= 4 is 15.9 Å². The SMILES string of the molecule is Brc1ccc(COCCNC2CCCCC2)cc1. The number of hydrogen-bond donors (Lipinski definition) is 1. The zero-order valence-electron chi connectivity index (χ0n) is 10.8. The van der Waals surface area contributed by atoms with Crippen LogP contribution in [0.15, 0.2) is 28.7 Å². The first-order valence-electron chi connectivity index (χ1n) is 6.90. The van der Waals surface area contributed by atoms with Gasteiger partial charge in [-0.15, -0.1) is 0 Å². The van der Waals surface area contributed by atoms with Gasteiger partial charge in [0.25, 0.3) is 0 Å². The first kappa shape index (κ1) is 14.0. The van der Waals surface area contributed by atoms with E-state index in [9.17, 15) is 0 Å². The second kappa shape index (κ2) is 7.93. The van der Waals surface area contributed by atoms with E-state index in [1.165, 1.54) is 37.7 Å². The van der Waals surface area contributed by atoms with Gasteiger partial charge in [-0.2, -0.15) is 0 Å². The van der Waals surface area contributed by atoms with Crippen molar-refractivity contribution in [1.29, 1.82) is 0 Å². The standard InChI is InChI=1S/C15H22BrNO/c16-14-8-6-13(7-9-14)12-18-11-10-17-15-4-2-1-3-5-15/h6-9,15,17H,1-5,10-12H2. The molecule has 0 unspecified atom stereocenters. The van der Waals surface area contributed by atoms with Crippen molar-refractivity contribution in [2.24, 2.45) is 0 Å². The molecule has 1 aromatic carbocycles. The maximum atomic E-state index is 5.67. The van der Waals surface area contributed by atoms with Gasteiger partial charge < -0.3 is 10.1 Å². The van der Waals surface area contributed by atoms with Crippen LogP contribution in [0.4, 0.5) is 0 Å². The summed E-state index contributed by atoms with van der Waals surface area (Å²) in [5.41, 5.74) is 1.23. The van der Waals surface area contributed by atoms with Crippen molar-refractivity contribution < 1.29 is 4.74 Å². The Morgan fingerprint density at radius 2 is 1.83 bits per heavy atom. The van der Waals surface area contributed by atoms with Crippen LogP contribution < -0.4 is 5.32 Å².